The molecule has 2 rings (SSSR count). The van der Waals surface area contributed by atoms with Crippen LogP contribution in [-0.2, 0) is 9.59 Å². The Morgan fingerprint density at radius 2 is 1.36 bits per heavy atom. The monoisotopic (exact) mass is 348 g/mol. The van der Waals surface area contributed by atoms with E-state index in [0.29, 0.717) is 16.3 Å². The van der Waals surface area contributed by atoms with Gasteiger partial charge in [-0.3, -0.25) is 9.59 Å². The molecule has 2 amide bonds. The number of halogens is 2. The minimum Gasteiger partial charge on any atom is -0.321 e. The van der Waals surface area contributed by atoms with Crippen LogP contribution in [0.3, 0.4) is 0 Å². The molecular weight excluding hydrogens is 328 g/mol. The number of carbonyl (C=O) groups is 2. The minimum absolute atomic E-state index is 0.0649. The fraction of sp³-hybridized carbons (Fsp3) is 0.222. The molecule has 0 radical (unpaired) electrons. The molecule has 0 heterocycles. The van der Waals surface area contributed by atoms with Crippen LogP contribution in [0.1, 0.15) is 6.92 Å². The molecule has 5 nitrogen and oxygen atoms in total. The van der Waals surface area contributed by atoms with E-state index in [1.54, 1.807) is 14.0 Å². The molecule has 1 unspecified atom stereocenters. The summed E-state index contributed by atoms with van der Waals surface area (Å²) in [6.07, 6.45) is 0. The maximum absolute atomic E-state index is 12.9. The molecule has 132 valence electrons. The molecule has 0 aromatic heterocycles. The van der Waals surface area contributed by atoms with Gasteiger partial charge in [-0.25, -0.2) is 8.78 Å². The van der Waals surface area contributed by atoms with Gasteiger partial charge in [0.05, 0.1) is 7.05 Å². The van der Waals surface area contributed by atoms with E-state index in [4.69, 9.17) is 0 Å². The summed E-state index contributed by atoms with van der Waals surface area (Å²) in [5.41, 5.74) is 0.976. The molecule has 2 aromatic carbocycles. The largest absolute Gasteiger partial charge is 0.321 e. The molecule has 3 N–H and O–H groups in total. The van der Waals surface area contributed by atoms with Gasteiger partial charge in [-0.15, -0.1) is 0 Å². The summed E-state index contributed by atoms with van der Waals surface area (Å²) in [6, 6.07) is 10.4. The third kappa shape index (κ3) is 5.65. The lowest BCUT2D eigenvalue weighted by Crippen LogP contribution is -3.14. The Hall–Kier alpha value is -2.80. The lowest BCUT2D eigenvalue weighted by molar-refractivity contribution is -0.885. The molecule has 2 aromatic rings. The average Bonchev–Trinajstić information content (AvgIpc) is 2.58. The van der Waals surface area contributed by atoms with Crippen LogP contribution in [0.15, 0.2) is 48.5 Å². The van der Waals surface area contributed by atoms with Crippen LogP contribution in [0.2, 0.25) is 0 Å². The zero-order chi connectivity index (χ0) is 18.4. The number of nitrogens with one attached hydrogen (secondary N) is 3. The number of hydrogen-bond acceptors (Lipinski definition) is 2. The van der Waals surface area contributed by atoms with Crippen LogP contribution in [-0.4, -0.2) is 31.4 Å². The standard InChI is InChI=1S/C18H19F2N3O2/c1-12(18(25)22-16-9-5-14(20)6-10-16)23(2)11-17(24)21-15-7-3-13(19)4-8-15/h3-10,12H,11H2,1-2H3,(H,21,24)(H,22,25)/p+1/t12-/m0/s1. The van der Waals surface area contributed by atoms with Crippen molar-refractivity contribution in [3.63, 3.8) is 0 Å². The van der Waals surface area contributed by atoms with Crippen LogP contribution < -0.4 is 15.5 Å². The summed E-state index contributed by atoms with van der Waals surface area (Å²) >= 11 is 0. The molecular formula is C18H20F2N3O2+. The van der Waals surface area contributed by atoms with E-state index in [0.717, 1.165) is 0 Å². The SMILES string of the molecule is C[C@@H](C(=O)Nc1ccc(F)cc1)[NH+](C)CC(=O)Nc1ccc(F)cc1. The Morgan fingerprint density at radius 1 is 0.920 bits per heavy atom. The Bertz CT molecular complexity index is 733. The minimum atomic E-state index is -0.496. The highest BCUT2D eigenvalue weighted by molar-refractivity contribution is 5.94. The van der Waals surface area contributed by atoms with Crippen molar-refractivity contribution < 1.29 is 23.3 Å². The predicted molar refractivity (Wildman–Crippen MR) is 91.3 cm³/mol. The van der Waals surface area contributed by atoms with Crippen LogP contribution in [0.4, 0.5) is 20.2 Å². The summed E-state index contributed by atoms with van der Waals surface area (Å²) < 4.78 is 25.7. The van der Waals surface area contributed by atoms with E-state index in [9.17, 15) is 18.4 Å². The summed E-state index contributed by atoms with van der Waals surface area (Å²) in [5, 5.41) is 5.33. The molecule has 0 aliphatic carbocycles. The second-order valence-corrected chi connectivity index (χ2v) is 5.80. The molecule has 0 saturated carbocycles. The zero-order valence-corrected chi connectivity index (χ0v) is 14.0. The van der Waals surface area contributed by atoms with Gasteiger partial charge in [0, 0.05) is 11.4 Å². The summed E-state index contributed by atoms with van der Waals surface area (Å²) in [5.74, 6) is -1.33. The fourth-order valence-corrected chi connectivity index (χ4v) is 2.15. The van der Waals surface area contributed by atoms with Crippen molar-refractivity contribution >= 4 is 23.2 Å². The molecule has 7 heteroatoms. The van der Waals surface area contributed by atoms with Gasteiger partial charge in [0.1, 0.15) is 11.6 Å². The molecule has 0 aliphatic heterocycles. The summed E-state index contributed by atoms with van der Waals surface area (Å²) in [4.78, 5) is 24.9. The third-order valence-corrected chi connectivity index (χ3v) is 3.81. The van der Waals surface area contributed by atoms with Gasteiger partial charge in [0.15, 0.2) is 12.6 Å². The Labute approximate surface area is 144 Å². The third-order valence-electron chi connectivity index (χ3n) is 3.81. The number of benzene rings is 2. The first-order chi connectivity index (χ1) is 11.8. The highest BCUT2D eigenvalue weighted by Gasteiger charge is 2.24. The maximum Gasteiger partial charge on any atom is 0.282 e. The zero-order valence-electron chi connectivity index (χ0n) is 14.0. The second-order valence-electron chi connectivity index (χ2n) is 5.80. The number of quaternary nitrogens is 1. The van der Waals surface area contributed by atoms with Crippen molar-refractivity contribution in [1.29, 1.82) is 0 Å². The number of amides is 2. The van der Waals surface area contributed by atoms with Crippen molar-refractivity contribution in [2.24, 2.45) is 0 Å². The highest BCUT2D eigenvalue weighted by atomic mass is 19.1. The first kappa shape index (κ1) is 18.5. The van der Waals surface area contributed by atoms with Gasteiger partial charge in [-0.05, 0) is 55.5 Å². The smallest absolute Gasteiger partial charge is 0.282 e. The van der Waals surface area contributed by atoms with E-state index < -0.39 is 6.04 Å². The van der Waals surface area contributed by atoms with E-state index in [2.05, 4.69) is 10.6 Å². The normalized spacial score (nSPS) is 13.0. The summed E-state index contributed by atoms with van der Waals surface area (Å²) in [6.45, 7) is 1.76. The van der Waals surface area contributed by atoms with Crippen molar-refractivity contribution in [2.75, 3.05) is 24.2 Å². The molecule has 0 spiro atoms. The number of anilines is 2. The molecule has 25 heavy (non-hydrogen) atoms. The van der Waals surface area contributed by atoms with Gasteiger partial charge >= 0.3 is 0 Å². The maximum atomic E-state index is 12.9. The number of carbonyl (C=O) groups excluding carboxylic acids is 2. The van der Waals surface area contributed by atoms with E-state index in [-0.39, 0.29) is 30.0 Å². The van der Waals surface area contributed by atoms with E-state index in [1.165, 1.54) is 48.5 Å². The first-order valence-corrected chi connectivity index (χ1v) is 7.79. The quantitative estimate of drug-likeness (QED) is 0.740. The van der Waals surface area contributed by atoms with Gasteiger partial charge in [-0.2, -0.15) is 0 Å². The van der Waals surface area contributed by atoms with E-state index >= 15 is 0 Å². The van der Waals surface area contributed by atoms with Crippen molar-refractivity contribution in [3.05, 3.63) is 60.2 Å². The van der Waals surface area contributed by atoms with Crippen molar-refractivity contribution in [3.8, 4) is 0 Å². The number of hydrogen-bond donors (Lipinski definition) is 3. The number of rotatable bonds is 6. The van der Waals surface area contributed by atoms with Crippen LogP contribution in [0, 0.1) is 11.6 Å². The molecule has 0 saturated heterocycles. The van der Waals surface area contributed by atoms with Crippen molar-refractivity contribution in [1.82, 2.24) is 0 Å². The van der Waals surface area contributed by atoms with Gasteiger partial charge < -0.3 is 15.5 Å². The van der Waals surface area contributed by atoms with Gasteiger partial charge in [0.25, 0.3) is 11.8 Å². The van der Waals surface area contributed by atoms with E-state index in [1.807, 2.05) is 0 Å². The summed E-state index contributed by atoms with van der Waals surface area (Å²) in [7, 11) is 1.72. The number of likely N-dealkylation sites (N-methyl/N-ethyl adjacent to an activating group) is 1. The Kier molecular flexibility index (Phi) is 6.19. The topological polar surface area (TPSA) is 62.6 Å². The van der Waals surface area contributed by atoms with Gasteiger partial charge in [-0.1, -0.05) is 0 Å². The molecule has 0 aliphatic rings. The van der Waals surface area contributed by atoms with Crippen LogP contribution >= 0.6 is 0 Å². The Balaban J connectivity index is 1.86. The highest BCUT2D eigenvalue weighted by Crippen LogP contribution is 2.09. The first-order valence-electron chi connectivity index (χ1n) is 7.79. The van der Waals surface area contributed by atoms with Crippen LogP contribution in [0.5, 0.6) is 0 Å². The second kappa shape index (κ2) is 8.34. The lowest BCUT2D eigenvalue weighted by Gasteiger charge is -2.20. The average molecular weight is 348 g/mol. The molecule has 2 atom stereocenters. The van der Waals surface area contributed by atoms with Gasteiger partial charge in [0.2, 0.25) is 0 Å². The molecule has 0 bridgehead atoms. The Morgan fingerprint density at radius 3 is 1.84 bits per heavy atom. The van der Waals surface area contributed by atoms with Crippen molar-refractivity contribution in [2.45, 2.75) is 13.0 Å². The predicted octanol–water partition coefficient (Wildman–Crippen LogP) is 1.45. The lowest BCUT2D eigenvalue weighted by atomic mass is 10.2. The molecule has 0 fully saturated rings. The fourth-order valence-electron chi connectivity index (χ4n) is 2.15. The van der Waals surface area contributed by atoms with Crippen LogP contribution in [0.25, 0.3) is 0 Å².